The summed E-state index contributed by atoms with van der Waals surface area (Å²) in [7, 11) is 1.25. The molecule has 19 heteroatoms. The second kappa shape index (κ2) is 20.0. The Labute approximate surface area is 344 Å². The van der Waals surface area contributed by atoms with E-state index in [1.54, 1.807) is 10.6 Å². The molecule has 60 heavy (non-hydrogen) atoms. The van der Waals surface area contributed by atoms with E-state index < -0.39 is 41.6 Å². The van der Waals surface area contributed by atoms with E-state index in [0.717, 1.165) is 49.9 Å². The number of ether oxygens (including phenoxy) is 3. The number of anilines is 2. The van der Waals surface area contributed by atoms with Crippen LogP contribution in [0.15, 0.2) is 54.6 Å². The van der Waals surface area contributed by atoms with Gasteiger partial charge in [0.05, 0.1) is 18.3 Å². The Morgan fingerprint density at radius 1 is 0.833 bits per heavy atom. The molecule has 5 N–H and O–H groups in total. The summed E-state index contributed by atoms with van der Waals surface area (Å²) in [5.74, 6) is -6.63. The average molecular weight is 856 g/mol. The molecular weight excluding hydrogens is 806 g/mol. The molecule has 2 aliphatic heterocycles. The van der Waals surface area contributed by atoms with Crippen LogP contribution in [0.1, 0.15) is 104 Å². The van der Waals surface area contributed by atoms with Crippen LogP contribution in [0.5, 0.6) is 11.5 Å². The minimum absolute atomic E-state index is 0.00328. The highest BCUT2D eigenvalue weighted by Gasteiger charge is 2.54. The van der Waals surface area contributed by atoms with Crippen LogP contribution in [-0.4, -0.2) is 80.9 Å². The van der Waals surface area contributed by atoms with Gasteiger partial charge in [0, 0.05) is 73.2 Å². The van der Waals surface area contributed by atoms with Crippen LogP contribution in [0.2, 0.25) is 0 Å². The van der Waals surface area contributed by atoms with Crippen LogP contribution >= 0.6 is 0 Å². The summed E-state index contributed by atoms with van der Waals surface area (Å²) < 4.78 is 109. The van der Waals surface area contributed by atoms with Crippen LogP contribution in [0.3, 0.4) is 0 Å². The van der Waals surface area contributed by atoms with E-state index >= 15 is 0 Å². The van der Waals surface area contributed by atoms with E-state index in [1.165, 1.54) is 37.7 Å². The number of benzene rings is 3. The smallest absolute Gasteiger partial charge is 0.456 e. The number of halogens is 6. The zero-order valence-corrected chi connectivity index (χ0v) is 32.7. The lowest BCUT2D eigenvalue weighted by Crippen LogP contribution is -2.34. The van der Waals surface area contributed by atoms with E-state index in [9.17, 15) is 50.3 Å². The van der Waals surface area contributed by atoms with Crippen molar-refractivity contribution in [1.82, 2.24) is 10.6 Å². The molecular formula is C41H46F6N4O9. The molecule has 3 aromatic carbocycles. The number of aliphatic hydroxyl groups excluding tert-OH is 1. The van der Waals surface area contributed by atoms with Crippen molar-refractivity contribution in [3.8, 4) is 11.5 Å². The summed E-state index contributed by atoms with van der Waals surface area (Å²) in [5.41, 5.74) is -2.46. The summed E-state index contributed by atoms with van der Waals surface area (Å²) in [6.45, 7) is 3.51. The monoisotopic (exact) mass is 855 g/mol. The molecule has 5 rings (SSSR count). The highest BCUT2D eigenvalue weighted by molar-refractivity contribution is 6.01. The molecule has 2 heterocycles. The van der Waals surface area contributed by atoms with Gasteiger partial charge in [0.25, 0.3) is 5.91 Å². The number of nitrogens with one attached hydrogen (secondary N) is 4. The predicted molar refractivity (Wildman–Crippen MR) is 206 cm³/mol. The minimum Gasteiger partial charge on any atom is -0.456 e. The van der Waals surface area contributed by atoms with Gasteiger partial charge >= 0.3 is 30.1 Å². The van der Waals surface area contributed by atoms with Gasteiger partial charge in [0.2, 0.25) is 7.34 Å². The number of alkyl halides is 6. The zero-order chi connectivity index (χ0) is 45.7. The van der Waals surface area contributed by atoms with Gasteiger partial charge < -0.3 is 40.6 Å². The molecule has 1 spiro atoms. The Kier molecular flexibility index (Phi) is 14.7. The number of amides is 4. The first-order chi connectivity index (χ1) is 29.5. The van der Waals surface area contributed by atoms with Gasteiger partial charge in [0.15, 0.2) is 5.60 Å². The van der Waals surface area contributed by atoms with E-state index in [4.69, 9.17) is 17.0 Å². The van der Waals surface area contributed by atoms with E-state index in [-0.39, 0.29) is 75.9 Å². The number of fused-ring (bicyclic) bond motifs is 6. The van der Waals surface area contributed by atoms with Crippen molar-refractivity contribution in [2.45, 2.75) is 89.8 Å². The largest absolute Gasteiger partial charge is 0.471 e. The maximum Gasteiger partial charge on any atom is 0.471 e. The number of carbonyl (C=O) groups excluding carboxylic acids is 5. The number of rotatable bonds is 19. The minimum atomic E-state index is -5.25. The first-order valence-corrected chi connectivity index (χ1v) is 18.8. The second-order valence-corrected chi connectivity index (χ2v) is 13.8. The lowest BCUT2D eigenvalue weighted by atomic mass is 9.77. The Balaban J connectivity index is 0.00000416. The van der Waals surface area contributed by atoms with Crippen LogP contribution in [0.4, 0.5) is 37.7 Å². The first kappa shape index (κ1) is 43.9. The van der Waals surface area contributed by atoms with Crippen molar-refractivity contribution in [3.63, 3.8) is 0 Å². The van der Waals surface area contributed by atoms with Crippen LogP contribution < -0.4 is 26.0 Å². The number of unbranched alkanes of at least 4 members (excludes halogenated alkanes) is 3. The van der Waals surface area contributed by atoms with Crippen molar-refractivity contribution in [1.29, 1.82) is 1.43 Å². The Morgan fingerprint density at radius 2 is 1.43 bits per heavy atom. The predicted octanol–water partition coefficient (Wildman–Crippen LogP) is 7.26. The maximum absolute atomic E-state index is 13.4. The number of hydrogen-bond donors (Lipinski definition) is 5. The SMILES string of the molecule is [2H]OCC(CCCCNC(=O)CCCCCNC(=O)c1ccc2c(c1)C1(OC2=O)c2ccc(NC(=O)C(F)(F)F)cc2Oc2cc(NC(=O)C(F)(F)F)ccc21)OCCC.[3H]C. The fourth-order valence-electron chi connectivity index (χ4n) is 6.63. The molecule has 1 unspecified atom stereocenters. The molecule has 0 saturated carbocycles. The first-order valence-electron chi connectivity index (χ1n) is 20.2. The molecule has 0 saturated heterocycles. The zero-order valence-electron chi connectivity index (χ0n) is 34.7. The Bertz CT molecular complexity index is 2010. The van der Waals surface area contributed by atoms with E-state index in [0.29, 0.717) is 38.8 Å². The van der Waals surface area contributed by atoms with E-state index in [1.807, 2.05) is 6.92 Å². The molecule has 2 aliphatic rings. The third kappa shape index (κ3) is 11.1. The van der Waals surface area contributed by atoms with Crippen LogP contribution in [0, 0.1) is 0 Å². The van der Waals surface area contributed by atoms with Gasteiger partial charge in [-0.1, -0.05) is 20.7 Å². The van der Waals surface area contributed by atoms with Crippen LogP contribution in [-0.2, 0) is 29.5 Å². The lowest BCUT2D eigenvalue weighted by Gasteiger charge is -2.37. The maximum atomic E-state index is 13.4. The molecule has 0 bridgehead atoms. The quantitative estimate of drug-likeness (QED) is 0.0471. The fraction of sp³-hybridized carbons (Fsp3) is 0.439. The molecule has 1 atom stereocenters. The summed E-state index contributed by atoms with van der Waals surface area (Å²) in [6.07, 6.45) is -5.51. The highest BCUT2D eigenvalue weighted by atomic mass is 19.4. The molecule has 0 aliphatic carbocycles. The number of hydrogen-bond acceptors (Lipinski definition) is 9. The van der Waals surface area contributed by atoms with Gasteiger partial charge in [-0.2, -0.15) is 26.3 Å². The molecule has 13 nitrogen and oxygen atoms in total. The molecule has 4 amide bonds. The summed E-state index contributed by atoms with van der Waals surface area (Å²) in [4.78, 5) is 62.5. The van der Waals surface area contributed by atoms with E-state index in [2.05, 4.69) is 15.7 Å². The van der Waals surface area contributed by atoms with Crippen molar-refractivity contribution in [3.05, 3.63) is 82.4 Å². The molecule has 3 aromatic rings. The van der Waals surface area contributed by atoms with Gasteiger partial charge in [-0.25, -0.2) is 4.79 Å². The van der Waals surface area contributed by atoms with Crippen molar-refractivity contribution < 1.29 is 71.0 Å². The highest BCUT2D eigenvalue weighted by Crippen LogP contribution is 2.57. The Morgan fingerprint density at radius 3 is 2.02 bits per heavy atom. The number of esters is 1. The third-order valence-electron chi connectivity index (χ3n) is 9.48. The van der Waals surface area contributed by atoms with Gasteiger partial charge in [0.1, 0.15) is 11.5 Å². The van der Waals surface area contributed by atoms with Crippen LogP contribution in [0.25, 0.3) is 0 Å². The normalized spacial score (nSPS) is 14.4. The molecule has 326 valence electrons. The fourth-order valence-corrected chi connectivity index (χ4v) is 6.63. The second-order valence-electron chi connectivity index (χ2n) is 13.8. The van der Waals surface area contributed by atoms with Crippen molar-refractivity contribution in [2.24, 2.45) is 0 Å². The third-order valence-corrected chi connectivity index (χ3v) is 9.48. The molecule has 0 aromatic heterocycles. The van der Waals surface area contributed by atoms with Gasteiger partial charge in [-0.05, 0) is 81.0 Å². The van der Waals surface area contributed by atoms with Crippen molar-refractivity contribution in [2.75, 3.05) is 36.9 Å². The van der Waals surface area contributed by atoms with Gasteiger partial charge in [-0.3, -0.25) is 19.2 Å². The average Bonchev–Trinajstić information content (AvgIpc) is 3.51. The number of aliphatic hydroxyl groups is 1. The van der Waals surface area contributed by atoms with Gasteiger partial charge in [-0.15, -0.1) is 0 Å². The standard InChI is InChI=1S/C40H42F6N4O9.CH4/c1-2-18-57-26(22-51)8-5-7-16-47-33(52)9-4-3-6-17-48-34(53)23-10-13-27-30(19-23)38(59-35(27)54)28-14-11-24(49-36(55)39(41,42)43)20-31(28)58-32-21-25(12-15-29(32)38)50-37(56)40(44,45)46;/h10-15,19-21,26,51H,2-9,16-18,22H2,1H3,(H,47,52)(H,48,53)(H,49,55)(H,50,56);1H4/i51D;1T. The summed E-state index contributed by atoms with van der Waals surface area (Å²) in [5, 5.41) is 13.5. The summed E-state index contributed by atoms with van der Waals surface area (Å²) >= 11 is 0. The Hall–Kier alpha value is -5.69. The number of carbonyl (C=O) groups is 5. The van der Waals surface area contributed by atoms with Crippen molar-refractivity contribution >= 4 is 41.0 Å². The molecule has 0 fully saturated rings. The summed E-state index contributed by atoms with van der Waals surface area (Å²) in [6, 6.07) is 10.8. The molecule has 0 radical (unpaired) electrons. The lowest BCUT2D eigenvalue weighted by molar-refractivity contribution is -0.167. The topological polar surface area (TPSA) is 181 Å².